The van der Waals surface area contributed by atoms with Crippen molar-refractivity contribution in [1.82, 2.24) is 0 Å². The van der Waals surface area contributed by atoms with Crippen LogP contribution in [0.3, 0.4) is 0 Å². The van der Waals surface area contributed by atoms with E-state index in [0.29, 0.717) is 6.08 Å². The number of hydrogen-bond donors (Lipinski definition) is 0. The van der Waals surface area contributed by atoms with E-state index < -0.39 is 76.6 Å². The fraction of sp³-hybridized carbons (Fsp3) is 0.571. The summed E-state index contributed by atoms with van der Waals surface area (Å²) in [7, 11) is -7.07. The first-order valence-corrected chi connectivity index (χ1v) is 9.08. The first-order valence-electron chi connectivity index (χ1n) is 7.67. The minimum atomic E-state index is -7.07. The van der Waals surface area contributed by atoms with Gasteiger partial charge in [0.15, 0.2) is 10.1 Å². The first-order chi connectivity index (χ1) is 14.5. The smallest absolute Gasteiger partial charge is 0.468 e. The molecule has 0 aliphatic rings. The van der Waals surface area contributed by atoms with Crippen LogP contribution in [0, 0.1) is 0 Å². The molecule has 8 nitrogen and oxygen atoms in total. The molecule has 0 aromatic rings. The standard InChI is InChI=1S/C14H12F10O8S/c1-3-5-30-9(26)11(13(20,21)22,32-8(25)7(2)12(17,18)19)31-6-4-10(15,16)14(23,24)33(27,28)29/h3H,1-2,4-6H2,(H,27,28,29)/p-1. The fourth-order valence-electron chi connectivity index (χ4n) is 1.57. The largest absolute Gasteiger partial charge is 0.743 e. The van der Waals surface area contributed by atoms with Crippen LogP contribution in [0.2, 0.25) is 0 Å². The van der Waals surface area contributed by atoms with Crippen LogP contribution in [0.5, 0.6) is 0 Å². The Morgan fingerprint density at radius 2 is 1.45 bits per heavy atom. The van der Waals surface area contributed by atoms with Crippen LogP contribution in [-0.4, -0.2) is 67.4 Å². The van der Waals surface area contributed by atoms with E-state index >= 15 is 0 Å². The Morgan fingerprint density at radius 1 is 0.970 bits per heavy atom. The average Bonchev–Trinajstić information content (AvgIpc) is 2.61. The van der Waals surface area contributed by atoms with Gasteiger partial charge in [-0.15, -0.1) is 0 Å². The van der Waals surface area contributed by atoms with Crippen molar-refractivity contribution in [3.63, 3.8) is 0 Å². The summed E-state index contributed by atoms with van der Waals surface area (Å²) < 4.78 is 173. The summed E-state index contributed by atoms with van der Waals surface area (Å²) in [4.78, 5) is 23.2. The lowest BCUT2D eigenvalue weighted by molar-refractivity contribution is -0.357. The molecule has 19 heteroatoms. The van der Waals surface area contributed by atoms with Gasteiger partial charge < -0.3 is 18.8 Å². The second kappa shape index (κ2) is 9.84. The molecule has 0 aromatic heterocycles. The average molecular weight is 529 g/mol. The van der Waals surface area contributed by atoms with E-state index in [2.05, 4.69) is 27.4 Å². The number of halogens is 10. The number of esters is 2. The molecule has 192 valence electrons. The van der Waals surface area contributed by atoms with Gasteiger partial charge in [0.1, 0.15) is 12.2 Å². The summed E-state index contributed by atoms with van der Waals surface area (Å²) in [5.41, 5.74) is -2.63. The van der Waals surface area contributed by atoms with Gasteiger partial charge in [0, 0.05) is 6.42 Å². The molecule has 0 rings (SSSR count). The van der Waals surface area contributed by atoms with Crippen LogP contribution in [-0.2, 0) is 33.9 Å². The quantitative estimate of drug-likeness (QED) is 0.100. The maximum absolute atomic E-state index is 13.5. The van der Waals surface area contributed by atoms with Crippen molar-refractivity contribution in [2.45, 2.75) is 35.7 Å². The zero-order valence-electron chi connectivity index (χ0n) is 15.6. The summed E-state index contributed by atoms with van der Waals surface area (Å²) >= 11 is 0. The molecular formula is C14H11F10O8S-. The van der Waals surface area contributed by atoms with E-state index in [9.17, 15) is 66.5 Å². The number of carbonyl (C=O) groups excluding carboxylic acids is 2. The number of ether oxygens (including phenoxy) is 3. The molecule has 0 aromatic carbocycles. The van der Waals surface area contributed by atoms with Crippen molar-refractivity contribution in [3.05, 3.63) is 24.8 Å². The van der Waals surface area contributed by atoms with Gasteiger partial charge in [-0.25, -0.2) is 18.0 Å². The Balaban J connectivity index is 6.21. The van der Waals surface area contributed by atoms with E-state index in [1.165, 1.54) is 0 Å². The van der Waals surface area contributed by atoms with Crippen molar-refractivity contribution < 1.29 is 80.7 Å². The number of rotatable bonds is 11. The fourth-order valence-corrected chi connectivity index (χ4v) is 2.04. The molecule has 0 saturated carbocycles. The maximum Gasteiger partial charge on any atom is 0.468 e. The summed E-state index contributed by atoms with van der Waals surface area (Å²) in [6.07, 6.45) is -14.2. The van der Waals surface area contributed by atoms with Crippen LogP contribution in [0.4, 0.5) is 43.9 Å². The van der Waals surface area contributed by atoms with Crippen LogP contribution in [0.1, 0.15) is 6.42 Å². The van der Waals surface area contributed by atoms with Crippen molar-refractivity contribution >= 4 is 22.1 Å². The van der Waals surface area contributed by atoms with E-state index in [1.54, 1.807) is 0 Å². The molecule has 0 radical (unpaired) electrons. The van der Waals surface area contributed by atoms with Gasteiger partial charge in [0.25, 0.3) is 0 Å². The molecule has 0 fully saturated rings. The van der Waals surface area contributed by atoms with E-state index in [1.807, 2.05) is 0 Å². The van der Waals surface area contributed by atoms with Gasteiger partial charge in [0.05, 0.1) is 6.61 Å². The number of hydrogen-bond acceptors (Lipinski definition) is 8. The number of carbonyl (C=O) groups is 2. The minimum Gasteiger partial charge on any atom is -0.743 e. The van der Waals surface area contributed by atoms with Crippen molar-refractivity contribution in [2.24, 2.45) is 0 Å². The molecule has 33 heavy (non-hydrogen) atoms. The molecule has 0 spiro atoms. The highest BCUT2D eigenvalue weighted by atomic mass is 32.2. The Labute approximate surface area is 177 Å². The molecule has 0 bridgehead atoms. The second-order valence-corrected chi connectivity index (χ2v) is 7.06. The topological polar surface area (TPSA) is 119 Å². The van der Waals surface area contributed by atoms with Gasteiger partial charge in [-0.2, -0.15) is 43.9 Å². The molecule has 0 amide bonds. The lowest BCUT2D eigenvalue weighted by Crippen LogP contribution is -2.59. The molecule has 0 aliphatic heterocycles. The van der Waals surface area contributed by atoms with E-state index in [-0.39, 0.29) is 0 Å². The monoisotopic (exact) mass is 529 g/mol. The zero-order chi connectivity index (χ0) is 26.7. The second-order valence-electron chi connectivity index (χ2n) is 5.64. The van der Waals surface area contributed by atoms with Gasteiger partial charge in [-0.05, 0) is 0 Å². The van der Waals surface area contributed by atoms with Crippen LogP contribution < -0.4 is 0 Å². The lowest BCUT2D eigenvalue weighted by atomic mass is 10.2. The molecule has 0 heterocycles. The van der Waals surface area contributed by atoms with Gasteiger partial charge in [-0.3, -0.25) is 0 Å². The lowest BCUT2D eigenvalue weighted by Gasteiger charge is -2.33. The Hall–Kier alpha value is -2.41. The zero-order valence-corrected chi connectivity index (χ0v) is 16.4. The molecule has 0 N–H and O–H groups in total. The first kappa shape index (κ1) is 30.6. The highest BCUT2D eigenvalue weighted by Gasteiger charge is 2.69. The summed E-state index contributed by atoms with van der Waals surface area (Å²) in [5, 5.41) is -6.38. The molecular weight excluding hydrogens is 518 g/mol. The molecule has 0 aliphatic carbocycles. The number of alkyl halides is 10. The predicted molar refractivity (Wildman–Crippen MR) is 81.4 cm³/mol. The minimum absolute atomic E-state index is 0.601. The SMILES string of the molecule is C=CCOC(=O)C(OCCC(F)(F)C(F)(F)S(=O)(=O)[O-])(OC(=O)C(=C)C(F)(F)F)C(F)(F)F. The predicted octanol–water partition coefficient (Wildman–Crippen LogP) is 2.82. The highest BCUT2D eigenvalue weighted by molar-refractivity contribution is 7.86. The summed E-state index contributed by atoms with van der Waals surface area (Å²) in [6.45, 7) is 1.44. The van der Waals surface area contributed by atoms with Crippen LogP contribution >= 0.6 is 0 Å². The Kier molecular flexibility index (Phi) is 9.12. The summed E-state index contributed by atoms with van der Waals surface area (Å²) in [5.74, 6) is -17.0. The highest BCUT2D eigenvalue weighted by Crippen LogP contribution is 2.42. The van der Waals surface area contributed by atoms with Gasteiger partial charge >= 0.3 is 41.3 Å². The van der Waals surface area contributed by atoms with Crippen LogP contribution in [0.15, 0.2) is 24.8 Å². The summed E-state index contributed by atoms with van der Waals surface area (Å²) in [6, 6.07) is 0. The molecule has 1 unspecified atom stereocenters. The third-order valence-electron chi connectivity index (χ3n) is 3.26. The third kappa shape index (κ3) is 6.79. The van der Waals surface area contributed by atoms with E-state index in [4.69, 9.17) is 0 Å². The third-order valence-corrected chi connectivity index (χ3v) is 4.19. The van der Waals surface area contributed by atoms with Gasteiger partial charge in [0.2, 0.25) is 0 Å². The Morgan fingerprint density at radius 3 is 1.82 bits per heavy atom. The van der Waals surface area contributed by atoms with E-state index in [0.717, 1.165) is 0 Å². The normalized spacial score (nSPS) is 15.4. The Bertz CT molecular complexity index is 877. The molecule has 1 atom stereocenters. The molecule has 0 saturated heterocycles. The van der Waals surface area contributed by atoms with Crippen molar-refractivity contribution in [3.8, 4) is 0 Å². The van der Waals surface area contributed by atoms with Crippen LogP contribution in [0.25, 0.3) is 0 Å². The maximum atomic E-state index is 13.5. The van der Waals surface area contributed by atoms with Crippen molar-refractivity contribution in [2.75, 3.05) is 13.2 Å². The van der Waals surface area contributed by atoms with Gasteiger partial charge in [-0.1, -0.05) is 19.2 Å². The van der Waals surface area contributed by atoms with Crippen molar-refractivity contribution in [1.29, 1.82) is 0 Å².